The minimum Gasteiger partial charge on any atom is -0.349 e. The van der Waals surface area contributed by atoms with Gasteiger partial charge in [-0.2, -0.15) is 5.10 Å². The van der Waals surface area contributed by atoms with E-state index in [1.54, 1.807) is 10.6 Å². The number of nitrogens with two attached hydrogens (primary N) is 1. The molecule has 3 N–H and O–H groups in total. The van der Waals surface area contributed by atoms with E-state index in [9.17, 15) is 4.79 Å². The molecule has 0 spiro atoms. The van der Waals surface area contributed by atoms with Crippen LogP contribution in [-0.2, 0) is 0 Å². The molecule has 0 aliphatic carbocycles. The van der Waals surface area contributed by atoms with Gasteiger partial charge in [0.1, 0.15) is 0 Å². The number of carbonyl (C=O) groups excluding carboxylic acids is 1. The molecule has 2 heterocycles. The summed E-state index contributed by atoms with van der Waals surface area (Å²) >= 11 is 0. The Balaban J connectivity index is 0.00000225. The zero-order valence-electron chi connectivity index (χ0n) is 15.1. The molecule has 2 aromatic heterocycles. The van der Waals surface area contributed by atoms with Gasteiger partial charge in [-0.3, -0.25) is 4.79 Å². The van der Waals surface area contributed by atoms with Crippen LogP contribution < -0.4 is 11.1 Å². The van der Waals surface area contributed by atoms with Crippen molar-refractivity contribution < 1.29 is 4.79 Å². The highest BCUT2D eigenvalue weighted by Crippen LogP contribution is 2.26. The molecule has 6 nitrogen and oxygen atoms in total. The molecule has 4 rings (SSSR count). The van der Waals surface area contributed by atoms with Crippen LogP contribution in [0.25, 0.3) is 28.2 Å². The number of carbonyl (C=O) groups is 1. The van der Waals surface area contributed by atoms with E-state index in [1.807, 2.05) is 66.7 Å². The Hall–Kier alpha value is -3.22. The molecule has 7 heteroatoms. The molecular formula is C21H20ClN5O. The largest absolute Gasteiger partial charge is 0.349 e. The first kappa shape index (κ1) is 19.5. The monoisotopic (exact) mass is 393 g/mol. The summed E-state index contributed by atoms with van der Waals surface area (Å²) in [5.41, 5.74) is 10.1. The van der Waals surface area contributed by atoms with Crippen molar-refractivity contribution >= 4 is 24.0 Å². The number of benzene rings is 2. The van der Waals surface area contributed by atoms with Crippen molar-refractivity contribution in [1.29, 1.82) is 0 Å². The summed E-state index contributed by atoms with van der Waals surface area (Å²) in [7, 11) is 0. The van der Waals surface area contributed by atoms with E-state index in [1.165, 1.54) is 0 Å². The zero-order valence-corrected chi connectivity index (χ0v) is 15.9. The van der Waals surface area contributed by atoms with Crippen LogP contribution >= 0.6 is 12.4 Å². The van der Waals surface area contributed by atoms with Crippen LogP contribution in [0, 0.1) is 0 Å². The third-order valence-electron chi connectivity index (χ3n) is 4.23. The Morgan fingerprint density at radius 3 is 2.25 bits per heavy atom. The Bertz CT molecular complexity index is 1080. The fourth-order valence-electron chi connectivity index (χ4n) is 2.93. The third kappa shape index (κ3) is 3.88. The summed E-state index contributed by atoms with van der Waals surface area (Å²) in [6, 6.07) is 23.6. The van der Waals surface area contributed by atoms with E-state index in [2.05, 4.69) is 10.4 Å². The lowest BCUT2D eigenvalue weighted by molar-refractivity contribution is 0.0949. The molecule has 2 aromatic carbocycles. The van der Waals surface area contributed by atoms with E-state index in [4.69, 9.17) is 10.7 Å². The Morgan fingerprint density at radius 2 is 1.61 bits per heavy atom. The van der Waals surface area contributed by atoms with E-state index in [0.717, 1.165) is 22.5 Å². The van der Waals surface area contributed by atoms with E-state index in [0.29, 0.717) is 24.4 Å². The van der Waals surface area contributed by atoms with Gasteiger partial charge in [0, 0.05) is 30.3 Å². The van der Waals surface area contributed by atoms with Gasteiger partial charge in [0.25, 0.3) is 5.91 Å². The van der Waals surface area contributed by atoms with Gasteiger partial charge in [-0.15, -0.1) is 12.4 Å². The van der Waals surface area contributed by atoms with Crippen LogP contribution in [-0.4, -0.2) is 33.6 Å². The Morgan fingerprint density at radius 1 is 0.964 bits per heavy atom. The molecule has 0 aliphatic rings. The maximum atomic E-state index is 12.3. The van der Waals surface area contributed by atoms with Crippen molar-refractivity contribution in [2.45, 2.75) is 0 Å². The summed E-state index contributed by atoms with van der Waals surface area (Å²) in [6.45, 7) is 0.783. The van der Waals surface area contributed by atoms with Crippen LogP contribution in [0.15, 0.2) is 72.8 Å². The highest BCUT2D eigenvalue weighted by molar-refractivity contribution is 5.93. The van der Waals surface area contributed by atoms with Gasteiger partial charge in [0.15, 0.2) is 11.3 Å². The summed E-state index contributed by atoms with van der Waals surface area (Å²) in [4.78, 5) is 17.0. The second kappa shape index (κ2) is 8.65. The first-order chi connectivity index (χ1) is 13.3. The van der Waals surface area contributed by atoms with Gasteiger partial charge >= 0.3 is 0 Å². The molecule has 0 radical (unpaired) electrons. The number of halogens is 1. The predicted octanol–water partition coefficient (Wildman–Crippen LogP) is 3.17. The highest BCUT2D eigenvalue weighted by Gasteiger charge is 2.15. The molecule has 0 aliphatic heterocycles. The summed E-state index contributed by atoms with van der Waals surface area (Å²) in [6.07, 6.45) is 0. The van der Waals surface area contributed by atoms with E-state index >= 15 is 0 Å². The molecule has 4 aromatic rings. The quantitative estimate of drug-likeness (QED) is 0.545. The maximum Gasteiger partial charge on any atom is 0.271 e. The van der Waals surface area contributed by atoms with Crippen molar-refractivity contribution in [1.82, 2.24) is 19.9 Å². The summed E-state index contributed by atoms with van der Waals surface area (Å²) < 4.78 is 1.71. The molecule has 0 saturated heterocycles. The van der Waals surface area contributed by atoms with Crippen molar-refractivity contribution in [3.63, 3.8) is 0 Å². The number of aromatic nitrogens is 3. The smallest absolute Gasteiger partial charge is 0.271 e. The average molecular weight is 394 g/mol. The number of fused-ring (bicyclic) bond motifs is 1. The topological polar surface area (TPSA) is 85.3 Å². The van der Waals surface area contributed by atoms with Crippen molar-refractivity contribution in [2.75, 3.05) is 13.1 Å². The maximum absolute atomic E-state index is 12.3. The fraction of sp³-hybridized carbons (Fsp3) is 0.0952. The third-order valence-corrected chi connectivity index (χ3v) is 4.23. The van der Waals surface area contributed by atoms with Gasteiger partial charge < -0.3 is 11.1 Å². The van der Waals surface area contributed by atoms with Crippen molar-refractivity contribution in [2.24, 2.45) is 5.73 Å². The molecule has 0 bridgehead atoms. The zero-order chi connectivity index (χ0) is 18.6. The number of hydrogen-bond donors (Lipinski definition) is 2. The van der Waals surface area contributed by atoms with E-state index < -0.39 is 0 Å². The first-order valence-corrected chi connectivity index (χ1v) is 8.76. The lowest BCUT2D eigenvalue weighted by atomic mass is 10.1. The molecule has 142 valence electrons. The minimum absolute atomic E-state index is 0. The van der Waals surface area contributed by atoms with Gasteiger partial charge in [0.05, 0.1) is 11.4 Å². The lowest BCUT2D eigenvalue weighted by Gasteiger charge is -2.08. The standard InChI is InChI=1S/C21H19N5O.ClH/c22-11-12-23-21(27)18-14-20-24-17(15-7-3-1-4-8-15)13-19(26(20)25-18)16-9-5-2-6-10-16;/h1-10,13-14H,11-12,22H2,(H,23,27);1H. The highest BCUT2D eigenvalue weighted by atomic mass is 35.5. The van der Waals surface area contributed by atoms with Crippen LogP contribution in [0.2, 0.25) is 0 Å². The average Bonchev–Trinajstić information content (AvgIpc) is 3.17. The lowest BCUT2D eigenvalue weighted by Crippen LogP contribution is -2.29. The van der Waals surface area contributed by atoms with Gasteiger partial charge in [-0.25, -0.2) is 9.50 Å². The molecule has 0 unspecified atom stereocenters. The number of nitrogens with one attached hydrogen (secondary N) is 1. The normalized spacial score (nSPS) is 10.5. The van der Waals surface area contributed by atoms with E-state index in [-0.39, 0.29) is 18.3 Å². The minimum atomic E-state index is -0.258. The number of rotatable bonds is 5. The van der Waals surface area contributed by atoms with Crippen LogP contribution in [0.4, 0.5) is 0 Å². The van der Waals surface area contributed by atoms with Crippen LogP contribution in [0.1, 0.15) is 10.5 Å². The number of hydrogen-bond acceptors (Lipinski definition) is 4. The van der Waals surface area contributed by atoms with Crippen LogP contribution in [0.3, 0.4) is 0 Å². The van der Waals surface area contributed by atoms with Crippen LogP contribution in [0.5, 0.6) is 0 Å². The summed E-state index contributed by atoms with van der Waals surface area (Å²) in [5, 5.41) is 7.23. The fourth-order valence-corrected chi connectivity index (χ4v) is 2.93. The predicted molar refractivity (Wildman–Crippen MR) is 112 cm³/mol. The van der Waals surface area contributed by atoms with Gasteiger partial charge in [-0.1, -0.05) is 60.7 Å². The SMILES string of the molecule is Cl.NCCNC(=O)c1cc2nc(-c3ccccc3)cc(-c3ccccc3)n2n1. The molecule has 0 saturated carbocycles. The molecule has 0 atom stereocenters. The molecule has 1 amide bonds. The number of amides is 1. The second-order valence-electron chi connectivity index (χ2n) is 6.10. The molecular weight excluding hydrogens is 374 g/mol. The molecule has 28 heavy (non-hydrogen) atoms. The molecule has 0 fully saturated rings. The van der Waals surface area contributed by atoms with Crippen molar-refractivity contribution in [3.05, 3.63) is 78.5 Å². The second-order valence-corrected chi connectivity index (χ2v) is 6.10. The number of nitrogens with zero attached hydrogens (tertiary/aromatic N) is 3. The van der Waals surface area contributed by atoms with Crippen molar-refractivity contribution in [3.8, 4) is 22.5 Å². The first-order valence-electron chi connectivity index (χ1n) is 8.76. The Labute approximate surface area is 168 Å². The summed E-state index contributed by atoms with van der Waals surface area (Å²) in [5.74, 6) is -0.258. The van der Waals surface area contributed by atoms with Gasteiger partial charge in [0.2, 0.25) is 0 Å². The Kier molecular flexibility index (Phi) is 6.03. The van der Waals surface area contributed by atoms with Gasteiger partial charge in [-0.05, 0) is 6.07 Å².